The van der Waals surface area contributed by atoms with Crippen LogP contribution in [0.2, 0.25) is 10.0 Å². The molecule has 216 valence electrons. The minimum atomic E-state index is -3.73. The van der Waals surface area contributed by atoms with Crippen molar-refractivity contribution in [1.29, 1.82) is 0 Å². The molecule has 0 spiro atoms. The van der Waals surface area contributed by atoms with Gasteiger partial charge >= 0.3 is 5.56 Å². The van der Waals surface area contributed by atoms with Gasteiger partial charge in [-0.05, 0) is 49.2 Å². The largest absolute Gasteiger partial charge is 0.501 e. The molecule has 2 aliphatic heterocycles. The van der Waals surface area contributed by atoms with Crippen LogP contribution in [-0.2, 0) is 16.4 Å². The van der Waals surface area contributed by atoms with Crippen molar-refractivity contribution >= 4 is 44.9 Å². The Hall–Kier alpha value is -3.61. The monoisotopic (exact) mass is 620 g/mol. The number of aromatic nitrogens is 2. The fourth-order valence-electron chi connectivity index (χ4n) is 5.20. The number of hydrogen-bond acceptors (Lipinski definition) is 8. The zero-order valence-electron chi connectivity index (χ0n) is 21.9. The third kappa shape index (κ3) is 5.39. The normalized spacial score (nSPS) is 17.0. The molecule has 0 aliphatic carbocycles. The second-order valence-electron chi connectivity index (χ2n) is 9.66. The van der Waals surface area contributed by atoms with Gasteiger partial charge < -0.3 is 24.2 Å². The van der Waals surface area contributed by atoms with Crippen molar-refractivity contribution in [3.8, 4) is 11.5 Å². The maximum absolute atomic E-state index is 13.5. The summed E-state index contributed by atoms with van der Waals surface area (Å²) < 4.78 is 32.3. The molecule has 3 aromatic rings. The Balaban J connectivity index is 1.42. The summed E-state index contributed by atoms with van der Waals surface area (Å²) in [7, 11) is -2.26. The summed E-state index contributed by atoms with van der Waals surface area (Å²) in [4.78, 5) is 46.6. The SMILES string of the molecule is COc1ccc(S(=O)(=O)CCN2CCn3c(C4CCCN4C(=O)c4c(Cl)cccc4Cl)nc(=O)c(O)c3C2=O)cc1. The Labute approximate surface area is 245 Å². The van der Waals surface area contributed by atoms with Crippen molar-refractivity contribution in [3.05, 3.63) is 79.9 Å². The summed E-state index contributed by atoms with van der Waals surface area (Å²) >= 11 is 12.5. The van der Waals surface area contributed by atoms with E-state index in [1.807, 2.05) is 0 Å². The number of ether oxygens (including phenoxy) is 1. The van der Waals surface area contributed by atoms with Crippen LogP contribution < -0.4 is 10.3 Å². The topological polar surface area (TPSA) is 139 Å². The maximum Gasteiger partial charge on any atom is 0.315 e. The lowest BCUT2D eigenvalue weighted by atomic mass is 10.1. The number of rotatable bonds is 7. The molecular formula is C27H26Cl2N4O7S. The molecule has 1 aromatic heterocycles. The second-order valence-corrected chi connectivity index (χ2v) is 12.6. The second kappa shape index (κ2) is 11.3. The predicted molar refractivity (Wildman–Crippen MR) is 151 cm³/mol. The molecule has 14 heteroatoms. The van der Waals surface area contributed by atoms with E-state index in [2.05, 4.69) is 4.98 Å². The molecule has 2 aliphatic rings. The van der Waals surface area contributed by atoms with Gasteiger partial charge in [0.1, 0.15) is 11.6 Å². The number of benzene rings is 2. The average molecular weight is 621 g/mol. The number of carbonyl (C=O) groups is 2. The molecule has 0 bridgehead atoms. The summed E-state index contributed by atoms with van der Waals surface area (Å²) in [6.45, 7) is 0.432. The van der Waals surface area contributed by atoms with Crippen molar-refractivity contribution < 1.29 is 27.9 Å². The molecule has 2 aromatic carbocycles. The van der Waals surface area contributed by atoms with Gasteiger partial charge in [0, 0.05) is 26.2 Å². The highest BCUT2D eigenvalue weighted by Crippen LogP contribution is 2.36. The first-order chi connectivity index (χ1) is 19.5. The zero-order chi connectivity index (χ0) is 29.5. The zero-order valence-corrected chi connectivity index (χ0v) is 24.2. The smallest absolute Gasteiger partial charge is 0.315 e. The third-order valence-electron chi connectivity index (χ3n) is 7.31. The number of methoxy groups -OCH3 is 1. The van der Waals surface area contributed by atoms with E-state index in [4.69, 9.17) is 27.9 Å². The highest BCUT2D eigenvalue weighted by Gasteiger charge is 2.39. The lowest BCUT2D eigenvalue weighted by Gasteiger charge is -2.34. The molecule has 41 heavy (non-hydrogen) atoms. The van der Waals surface area contributed by atoms with Gasteiger partial charge in [-0.15, -0.1) is 0 Å². The van der Waals surface area contributed by atoms with E-state index in [-0.39, 0.29) is 57.4 Å². The van der Waals surface area contributed by atoms with Crippen molar-refractivity contribution in [2.45, 2.75) is 30.3 Å². The maximum atomic E-state index is 13.5. The highest BCUT2D eigenvalue weighted by atomic mass is 35.5. The molecule has 0 saturated carbocycles. The fourth-order valence-corrected chi connectivity index (χ4v) is 7.01. The van der Waals surface area contributed by atoms with Gasteiger partial charge in [0.05, 0.1) is 39.4 Å². The van der Waals surface area contributed by atoms with Crippen LogP contribution in [0.5, 0.6) is 11.5 Å². The van der Waals surface area contributed by atoms with Crippen LogP contribution in [0.1, 0.15) is 45.6 Å². The summed E-state index contributed by atoms with van der Waals surface area (Å²) in [6.07, 6.45) is 1.07. The van der Waals surface area contributed by atoms with E-state index >= 15 is 0 Å². The minimum absolute atomic E-state index is 0.0818. The molecule has 1 saturated heterocycles. The van der Waals surface area contributed by atoms with Crippen molar-refractivity contribution in [2.24, 2.45) is 0 Å². The number of hydrogen-bond donors (Lipinski definition) is 1. The van der Waals surface area contributed by atoms with Gasteiger partial charge in [-0.3, -0.25) is 14.4 Å². The van der Waals surface area contributed by atoms with Crippen LogP contribution in [0.4, 0.5) is 0 Å². The number of fused-ring (bicyclic) bond motifs is 1. The highest BCUT2D eigenvalue weighted by molar-refractivity contribution is 7.91. The van der Waals surface area contributed by atoms with Crippen LogP contribution in [0.3, 0.4) is 0 Å². The standard InChI is InChI=1S/C27H26Cl2N4O7S/c1-40-16-7-9-17(10-8-16)41(38,39)15-14-31-12-13-33-22(27(31)37)23(34)25(35)30-24(33)20-6-3-11-32(20)26(36)21-18(28)4-2-5-19(21)29/h2,4-5,7-10,20,34H,3,6,11-15H2,1H3. The van der Waals surface area contributed by atoms with Crippen LogP contribution in [0.25, 0.3) is 0 Å². The van der Waals surface area contributed by atoms with Gasteiger partial charge in [0.2, 0.25) is 5.75 Å². The van der Waals surface area contributed by atoms with Crippen molar-refractivity contribution in [2.75, 3.05) is 32.5 Å². The molecule has 1 N–H and O–H groups in total. The third-order valence-corrected chi connectivity index (χ3v) is 9.65. The number of carbonyl (C=O) groups excluding carboxylic acids is 2. The molecule has 5 rings (SSSR count). The number of halogens is 2. The van der Waals surface area contributed by atoms with E-state index in [0.29, 0.717) is 25.1 Å². The van der Waals surface area contributed by atoms with Crippen LogP contribution in [0, 0.1) is 0 Å². The number of amides is 2. The lowest BCUT2D eigenvalue weighted by molar-refractivity contribution is 0.0689. The fraction of sp³-hybridized carbons (Fsp3) is 0.333. The summed E-state index contributed by atoms with van der Waals surface area (Å²) in [5, 5.41) is 11.0. The molecule has 1 atom stereocenters. The first kappa shape index (κ1) is 28.9. The lowest BCUT2D eigenvalue weighted by Crippen LogP contribution is -2.46. The summed E-state index contributed by atoms with van der Waals surface area (Å²) in [5.74, 6) is -1.66. The van der Waals surface area contributed by atoms with E-state index in [1.54, 1.807) is 18.2 Å². The van der Waals surface area contributed by atoms with E-state index < -0.39 is 39.0 Å². The quantitative estimate of drug-likeness (QED) is 0.425. The molecular weight excluding hydrogens is 595 g/mol. The summed E-state index contributed by atoms with van der Waals surface area (Å²) in [5.41, 5.74) is -1.17. The van der Waals surface area contributed by atoms with Gasteiger partial charge in [0.25, 0.3) is 11.8 Å². The van der Waals surface area contributed by atoms with Crippen molar-refractivity contribution in [1.82, 2.24) is 19.4 Å². The minimum Gasteiger partial charge on any atom is -0.501 e. The molecule has 2 amide bonds. The Morgan fingerprint density at radius 1 is 1.07 bits per heavy atom. The van der Waals surface area contributed by atoms with E-state index in [1.165, 1.54) is 45.7 Å². The van der Waals surface area contributed by atoms with Gasteiger partial charge in [-0.1, -0.05) is 29.3 Å². The van der Waals surface area contributed by atoms with Crippen LogP contribution in [-0.4, -0.2) is 77.2 Å². The average Bonchev–Trinajstić information content (AvgIpc) is 3.44. The van der Waals surface area contributed by atoms with Crippen LogP contribution in [0.15, 0.2) is 52.2 Å². The molecule has 0 radical (unpaired) electrons. The number of sulfone groups is 1. The number of aromatic hydroxyl groups is 1. The Morgan fingerprint density at radius 2 is 1.76 bits per heavy atom. The Morgan fingerprint density at radius 3 is 2.41 bits per heavy atom. The molecule has 1 fully saturated rings. The number of nitrogens with zero attached hydrogens (tertiary/aromatic N) is 4. The van der Waals surface area contributed by atoms with Gasteiger partial charge in [-0.2, -0.15) is 4.98 Å². The Kier molecular flexibility index (Phi) is 8.00. The predicted octanol–water partition coefficient (Wildman–Crippen LogP) is 3.17. The first-order valence-electron chi connectivity index (χ1n) is 12.8. The molecule has 1 unspecified atom stereocenters. The van der Waals surface area contributed by atoms with Gasteiger partial charge in [-0.25, -0.2) is 8.42 Å². The van der Waals surface area contributed by atoms with Crippen molar-refractivity contribution in [3.63, 3.8) is 0 Å². The van der Waals surface area contributed by atoms with Gasteiger partial charge in [0.15, 0.2) is 15.5 Å². The van der Waals surface area contributed by atoms with E-state index in [9.17, 15) is 27.9 Å². The molecule has 11 nitrogen and oxygen atoms in total. The number of likely N-dealkylation sites (tertiary alicyclic amines) is 1. The van der Waals surface area contributed by atoms with E-state index in [0.717, 1.165) is 0 Å². The Bertz CT molecular complexity index is 1670. The summed E-state index contributed by atoms with van der Waals surface area (Å²) in [6, 6.07) is 9.98. The van der Waals surface area contributed by atoms with Crippen LogP contribution >= 0.6 is 23.2 Å². The first-order valence-corrected chi connectivity index (χ1v) is 15.2. The molecule has 3 heterocycles.